The zero-order valence-electron chi connectivity index (χ0n) is 21.5. The molecule has 1 aromatic carbocycles. The third-order valence-electron chi connectivity index (χ3n) is 11.3. The molecule has 0 N–H and O–H groups in total. The highest BCUT2D eigenvalue weighted by Crippen LogP contribution is 2.69. The lowest BCUT2D eigenvalue weighted by atomic mass is 9.58. The molecule has 36 heavy (non-hydrogen) atoms. The maximum atomic E-state index is 7.53. The van der Waals surface area contributed by atoms with Crippen LogP contribution in [0.3, 0.4) is 0 Å². The minimum absolute atomic E-state index is 0.0243. The predicted molar refractivity (Wildman–Crippen MR) is 142 cm³/mol. The molecular formula is C32H38N2O2. The van der Waals surface area contributed by atoms with Crippen LogP contribution in [0, 0.1) is 11.3 Å². The number of aromatic nitrogens is 1. The van der Waals surface area contributed by atoms with Gasteiger partial charge in [-0.15, -0.1) is 0 Å². The Bertz CT molecular complexity index is 1280. The zero-order valence-corrected chi connectivity index (χ0v) is 21.5. The molecule has 6 aliphatic rings. The summed E-state index contributed by atoms with van der Waals surface area (Å²) in [5, 5.41) is 2.56. The molecule has 8 rings (SSSR count). The molecule has 2 saturated carbocycles. The van der Waals surface area contributed by atoms with Crippen molar-refractivity contribution in [2.75, 3.05) is 26.3 Å². The van der Waals surface area contributed by atoms with Crippen molar-refractivity contribution in [2.24, 2.45) is 11.3 Å². The summed E-state index contributed by atoms with van der Waals surface area (Å²) < 4.78 is 13.2. The van der Waals surface area contributed by atoms with Gasteiger partial charge < -0.3 is 9.47 Å². The largest absolute Gasteiger partial charge is 0.379 e. The molecule has 4 nitrogen and oxygen atoms in total. The maximum absolute atomic E-state index is 7.53. The molecule has 3 aliphatic carbocycles. The summed E-state index contributed by atoms with van der Waals surface area (Å²) in [6.07, 6.45) is 18.9. The Morgan fingerprint density at radius 1 is 1.03 bits per heavy atom. The molecule has 0 amide bonds. The number of fused-ring (bicyclic) bond motifs is 2. The highest BCUT2D eigenvalue weighted by molar-refractivity contribution is 5.82. The van der Waals surface area contributed by atoms with Gasteiger partial charge in [0.15, 0.2) is 0 Å². The first-order chi connectivity index (χ1) is 17.6. The molecule has 2 saturated heterocycles. The first-order valence-electron chi connectivity index (χ1n) is 14.4. The van der Waals surface area contributed by atoms with E-state index in [1.807, 2.05) is 12.4 Å². The molecule has 2 bridgehead atoms. The number of hydrogen-bond acceptors (Lipinski definition) is 4. The molecule has 1 aromatic heterocycles. The first-order valence-corrected chi connectivity index (χ1v) is 14.4. The summed E-state index contributed by atoms with van der Waals surface area (Å²) in [6.45, 7) is 6.52. The van der Waals surface area contributed by atoms with Crippen LogP contribution in [0.15, 0.2) is 60.0 Å². The van der Waals surface area contributed by atoms with E-state index in [1.54, 1.807) is 5.57 Å². The Kier molecular flexibility index (Phi) is 4.74. The average molecular weight is 483 g/mol. The second-order valence-corrected chi connectivity index (χ2v) is 12.7. The number of ether oxygens (including phenoxy) is 2. The molecule has 188 valence electrons. The molecule has 3 aliphatic heterocycles. The molecule has 2 spiro atoms. The summed E-state index contributed by atoms with van der Waals surface area (Å²) in [5.41, 5.74) is 4.78. The number of pyridine rings is 1. The van der Waals surface area contributed by atoms with Crippen molar-refractivity contribution in [1.29, 1.82) is 0 Å². The van der Waals surface area contributed by atoms with Gasteiger partial charge >= 0.3 is 0 Å². The van der Waals surface area contributed by atoms with Crippen molar-refractivity contribution in [1.82, 2.24) is 9.88 Å². The van der Waals surface area contributed by atoms with Gasteiger partial charge in [0.25, 0.3) is 0 Å². The van der Waals surface area contributed by atoms with Crippen molar-refractivity contribution < 1.29 is 9.47 Å². The van der Waals surface area contributed by atoms with Crippen molar-refractivity contribution in [3.63, 3.8) is 0 Å². The van der Waals surface area contributed by atoms with Gasteiger partial charge in [-0.1, -0.05) is 31.2 Å². The second-order valence-electron chi connectivity index (χ2n) is 12.7. The van der Waals surface area contributed by atoms with Gasteiger partial charge in [0.2, 0.25) is 0 Å². The molecule has 4 heterocycles. The molecule has 2 aromatic rings. The van der Waals surface area contributed by atoms with Crippen LogP contribution >= 0.6 is 0 Å². The third kappa shape index (κ3) is 2.95. The summed E-state index contributed by atoms with van der Waals surface area (Å²) in [7, 11) is 0. The third-order valence-corrected chi connectivity index (χ3v) is 11.3. The Labute approximate surface area is 214 Å². The van der Waals surface area contributed by atoms with Crippen molar-refractivity contribution >= 4 is 10.8 Å². The summed E-state index contributed by atoms with van der Waals surface area (Å²) >= 11 is 0. The van der Waals surface area contributed by atoms with E-state index in [9.17, 15) is 0 Å². The van der Waals surface area contributed by atoms with E-state index in [-0.39, 0.29) is 16.6 Å². The van der Waals surface area contributed by atoms with E-state index in [4.69, 9.17) is 9.47 Å². The van der Waals surface area contributed by atoms with E-state index < -0.39 is 0 Å². The average Bonchev–Trinajstić information content (AvgIpc) is 3.43. The SMILES string of the molecule is C[C@]12CC=C3C=C4CC[C@H](N5CCOCC5)C[C@]45CCC3(O5)[C@@H]1CCC2c1ccc2ccncc2c1. The fraction of sp³-hybridized carbons (Fsp3) is 0.594. The number of rotatable bonds is 2. The summed E-state index contributed by atoms with van der Waals surface area (Å²) in [5.74, 6) is 1.18. The van der Waals surface area contributed by atoms with Crippen LogP contribution in [-0.2, 0) is 9.47 Å². The maximum Gasteiger partial charge on any atom is 0.0974 e. The van der Waals surface area contributed by atoms with Crippen LogP contribution in [0.4, 0.5) is 0 Å². The standard InChI is InChI=1S/C32H38N2O2/c1-30-10-8-26-19-25-4-5-27(34-14-16-35-17-15-34)20-31(25)11-12-32(26,36-31)29(30)7-6-28(30)23-3-2-22-9-13-33-21-24(22)18-23/h2-3,8-9,13,18-19,21,27-29H,4-7,10-12,14-17,20H2,1H3/t27-,28?,29+,30+,31+,32?/m0/s1. The summed E-state index contributed by atoms with van der Waals surface area (Å²) in [6, 6.07) is 9.88. The van der Waals surface area contributed by atoms with Gasteiger partial charge in [-0.2, -0.15) is 0 Å². The van der Waals surface area contributed by atoms with Crippen LogP contribution in [0.2, 0.25) is 0 Å². The summed E-state index contributed by atoms with van der Waals surface area (Å²) in [4.78, 5) is 7.09. The molecule has 6 atom stereocenters. The molecular weight excluding hydrogens is 444 g/mol. The van der Waals surface area contributed by atoms with Gasteiger partial charge in [-0.3, -0.25) is 9.88 Å². The lowest BCUT2D eigenvalue weighted by Crippen LogP contribution is -2.56. The lowest BCUT2D eigenvalue weighted by molar-refractivity contribution is -0.143. The van der Waals surface area contributed by atoms with Crippen LogP contribution in [0.25, 0.3) is 10.8 Å². The number of morpholine rings is 1. The van der Waals surface area contributed by atoms with E-state index in [0.29, 0.717) is 17.9 Å². The van der Waals surface area contributed by atoms with Crippen LogP contribution in [0.1, 0.15) is 69.8 Å². The van der Waals surface area contributed by atoms with Gasteiger partial charge in [0, 0.05) is 36.9 Å². The van der Waals surface area contributed by atoms with E-state index in [1.165, 1.54) is 73.3 Å². The highest BCUT2D eigenvalue weighted by atomic mass is 16.5. The number of hydrogen-bond donors (Lipinski definition) is 0. The second kappa shape index (κ2) is 7.75. The Balaban J connectivity index is 1.13. The normalized spacial score (nSPS) is 41.9. The quantitative estimate of drug-likeness (QED) is 0.512. The Hall–Kier alpha value is -2.01. The molecule has 4 heteroatoms. The topological polar surface area (TPSA) is 34.6 Å². The number of allylic oxidation sites excluding steroid dienone is 1. The minimum atomic E-state index is -0.0729. The van der Waals surface area contributed by atoms with Gasteiger partial charge in [0.05, 0.1) is 24.4 Å². The number of nitrogens with zero attached hydrogens (tertiary/aromatic N) is 2. The van der Waals surface area contributed by atoms with Gasteiger partial charge in [-0.25, -0.2) is 0 Å². The van der Waals surface area contributed by atoms with Gasteiger partial charge in [0.1, 0.15) is 0 Å². The van der Waals surface area contributed by atoms with Crippen LogP contribution < -0.4 is 0 Å². The molecule has 2 unspecified atom stereocenters. The molecule has 0 radical (unpaired) electrons. The number of benzene rings is 1. The lowest BCUT2D eigenvalue weighted by Gasteiger charge is -2.55. The zero-order chi connectivity index (χ0) is 24.0. The fourth-order valence-electron chi connectivity index (χ4n) is 9.50. The fourth-order valence-corrected chi connectivity index (χ4v) is 9.50. The minimum Gasteiger partial charge on any atom is -0.379 e. The van der Waals surface area contributed by atoms with E-state index >= 15 is 0 Å². The highest BCUT2D eigenvalue weighted by Gasteiger charge is 2.66. The van der Waals surface area contributed by atoms with Gasteiger partial charge in [-0.05, 0) is 103 Å². The molecule has 4 fully saturated rings. The van der Waals surface area contributed by atoms with Crippen molar-refractivity contribution in [3.8, 4) is 0 Å². The Morgan fingerprint density at radius 2 is 1.94 bits per heavy atom. The van der Waals surface area contributed by atoms with E-state index in [2.05, 4.69) is 53.2 Å². The van der Waals surface area contributed by atoms with E-state index in [0.717, 1.165) is 26.3 Å². The predicted octanol–water partition coefficient (Wildman–Crippen LogP) is 6.18. The smallest absolute Gasteiger partial charge is 0.0974 e. The van der Waals surface area contributed by atoms with Crippen molar-refractivity contribution in [2.45, 2.75) is 81.5 Å². The monoisotopic (exact) mass is 482 g/mol. The first kappa shape index (κ1) is 22.0. The van der Waals surface area contributed by atoms with Crippen molar-refractivity contribution in [3.05, 3.63) is 65.5 Å². The Morgan fingerprint density at radius 3 is 2.86 bits per heavy atom. The van der Waals surface area contributed by atoms with Crippen LogP contribution in [0.5, 0.6) is 0 Å². The van der Waals surface area contributed by atoms with Crippen LogP contribution in [-0.4, -0.2) is 53.4 Å².